The largest absolute Gasteiger partial charge is 0.709 e. The zero-order valence-corrected chi connectivity index (χ0v) is 8.63. The van der Waals surface area contributed by atoms with Crippen molar-refractivity contribution in [2.75, 3.05) is 0 Å². The van der Waals surface area contributed by atoms with Gasteiger partial charge >= 0.3 is 19.3 Å². The predicted molar refractivity (Wildman–Crippen MR) is 56.0 cm³/mol. The molecule has 16 heavy (non-hydrogen) atoms. The number of carbonyl (C=O) groups is 2. The Kier molecular flexibility index (Phi) is 5.48. The molecule has 0 aromatic rings. The molecule has 7 heteroatoms. The summed E-state index contributed by atoms with van der Waals surface area (Å²) in [5.41, 5.74) is -1.91. The van der Waals surface area contributed by atoms with Crippen LogP contribution >= 0.6 is 0 Å². The molecule has 88 valence electrons. The number of hydrogen-bond donors (Lipinski definition) is 3. The van der Waals surface area contributed by atoms with Crippen molar-refractivity contribution in [1.82, 2.24) is 0 Å². The first-order chi connectivity index (χ1) is 7.40. The van der Waals surface area contributed by atoms with E-state index in [1.807, 2.05) is 0 Å². The summed E-state index contributed by atoms with van der Waals surface area (Å²) in [4.78, 5) is 22.5. The molecule has 0 unspecified atom stereocenters. The van der Waals surface area contributed by atoms with Crippen LogP contribution in [0.25, 0.3) is 0 Å². The Morgan fingerprint density at radius 1 is 1.25 bits per heavy atom. The van der Waals surface area contributed by atoms with Gasteiger partial charge in [0.25, 0.3) is 0 Å². The third-order valence-corrected chi connectivity index (χ3v) is 2.00. The molecule has 0 spiro atoms. The average Bonchev–Trinajstić information content (AvgIpc) is 2.15. The van der Waals surface area contributed by atoms with E-state index in [1.165, 1.54) is 12.2 Å². The van der Waals surface area contributed by atoms with Crippen LogP contribution in [0.2, 0.25) is 0 Å². The van der Waals surface area contributed by atoms with E-state index in [0.717, 1.165) is 0 Å². The number of aliphatic carboxylic acids is 1. The smallest absolute Gasteiger partial charge is 0.484 e. The van der Waals surface area contributed by atoms with Crippen LogP contribution in [0.3, 0.4) is 0 Å². The van der Waals surface area contributed by atoms with Gasteiger partial charge in [0.15, 0.2) is 5.41 Å². The first kappa shape index (κ1) is 14.4. The fraction of sp³-hybridized carbons (Fsp3) is 0.333. The number of hydrogen-bond acceptors (Lipinski definition) is 5. The summed E-state index contributed by atoms with van der Waals surface area (Å²) in [7, 11) is -2.35. The van der Waals surface area contributed by atoms with E-state index in [-0.39, 0.29) is 12.8 Å². The van der Waals surface area contributed by atoms with E-state index in [4.69, 9.17) is 15.2 Å². The molecular formula is C9H13BO6. The maximum Gasteiger partial charge on any atom is 0.709 e. The van der Waals surface area contributed by atoms with Crippen LogP contribution in [-0.4, -0.2) is 34.4 Å². The molecule has 0 fully saturated rings. The summed E-state index contributed by atoms with van der Waals surface area (Å²) < 4.78 is 4.08. The van der Waals surface area contributed by atoms with Crippen LogP contribution in [0.5, 0.6) is 0 Å². The minimum absolute atomic E-state index is 0.195. The first-order valence-electron chi connectivity index (χ1n) is 4.43. The van der Waals surface area contributed by atoms with E-state index in [9.17, 15) is 9.59 Å². The summed E-state index contributed by atoms with van der Waals surface area (Å²) in [6.45, 7) is 6.68. The molecule has 0 saturated carbocycles. The highest BCUT2D eigenvalue weighted by Crippen LogP contribution is 2.30. The predicted octanol–water partition coefficient (Wildman–Crippen LogP) is -0.278. The molecule has 0 atom stereocenters. The number of carboxylic acid groups (broad SMARTS) is 1. The van der Waals surface area contributed by atoms with Gasteiger partial charge in [-0.2, -0.15) is 0 Å². The fourth-order valence-electron chi connectivity index (χ4n) is 1.21. The highest BCUT2D eigenvalue weighted by atomic mass is 16.6. The molecule has 0 heterocycles. The number of rotatable bonds is 7. The Bertz CT molecular complexity index is 288. The van der Waals surface area contributed by atoms with Gasteiger partial charge in [-0.3, -0.25) is 9.59 Å². The number of carboxylic acids is 1. The minimum atomic E-state index is -2.35. The Hall–Kier alpha value is -1.60. The summed E-state index contributed by atoms with van der Waals surface area (Å²) in [5.74, 6) is -2.67. The molecule has 0 aliphatic carbocycles. The molecular weight excluding hydrogens is 215 g/mol. The van der Waals surface area contributed by atoms with Gasteiger partial charge in [-0.05, 0) is 12.8 Å². The van der Waals surface area contributed by atoms with E-state index >= 15 is 0 Å². The molecule has 0 aromatic heterocycles. The monoisotopic (exact) mass is 228 g/mol. The van der Waals surface area contributed by atoms with Crippen LogP contribution in [0.4, 0.5) is 0 Å². The Morgan fingerprint density at radius 3 is 1.94 bits per heavy atom. The summed E-state index contributed by atoms with van der Waals surface area (Å²) in [6.07, 6.45) is 2.09. The third kappa shape index (κ3) is 3.21. The zero-order chi connectivity index (χ0) is 12.8. The van der Waals surface area contributed by atoms with Crippen molar-refractivity contribution in [3.63, 3.8) is 0 Å². The Morgan fingerprint density at radius 2 is 1.69 bits per heavy atom. The van der Waals surface area contributed by atoms with Crippen LogP contribution in [-0.2, 0) is 14.2 Å². The molecule has 0 radical (unpaired) electrons. The normalized spacial score (nSPS) is 10.4. The van der Waals surface area contributed by atoms with E-state index in [1.54, 1.807) is 0 Å². The molecule has 0 aliphatic rings. The maximum absolute atomic E-state index is 11.5. The molecule has 0 amide bonds. The molecule has 0 rings (SSSR count). The number of allylic oxidation sites excluding steroid dienone is 2. The lowest BCUT2D eigenvalue weighted by molar-refractivity contribution is -0.164. The Balaban J connectivity index is 5.14. The quantitative estimate of drug-likeness (QED) is 0.314. The first-order valence-corrected chi connectivity index (χ1v) is 4.43. The van der Waals surface area contributed by atoms with Crippen LogP contribution in [0, 0.1) is 5.41 Å². The lowest BCUT2D eigenvalue weighted by Crippen LogP contribution is -2.42. The molecule has 0 aliphatic heterocycles. The van der Waals surface area contributed by atoms with Crippen molar-refractivity contribution in [1.29, 1.82) is 0 Å². The van der Waals surface area contributed by atoms with Crippen molar-refractivity contribution in [2.45, 2.75) is 12.8 Å². The second-order valence-electron chi connectivity index (χ2n) is 3.10. The second-order valence-corrected chi connectivity index (χ2v) is 3.10. The average molecular weight is 228 g/mol. The highest BCUT2D eigenvalue weighted by Gasteiger charge is 2.46. The van der Waals surface area contributed by atoms with Crippen molar-refractivity contribution < 1.29 is 29.4 Å². The van der Waals surface area contributed by atoms with Gasteiger partial charge in [-0.1, -0.05) is 12.2 Å². The van der Waals surface area contributed by atoms with Crippen molar-refractivity contribution in [3.8, 4) is 0 Å². The summed E-state index contributed by atoms with van der Waals surface area (Å²) in [6, 6.07) is 0. The van der Waals surface area contributed by atoms with Gasteiger partial charge in [-0.25, -0.2) is 0 Å². The van der Waals surface area contributed by atoms with Gasteiger partial charge in [0, 0.05) is 0 Å². The van der Waals surface area contributed by atoms with E-state index in [0.29, 0.717) is 0 Å². The van der Waals surface area contributed by atoms with Crippen LogP contribution in [0.1, 0.15) is 12.8 Å². The topological polar surface area (TPSA) is 104 Å². The standard InChI is InChI=1S/C9H13BO6/c1-3-5-9(6-4-2,7(11)12)8(13)16-10(14)15/h3-4,14-15H,1-2,5-6H2,(H,11,12). The molecule has 0 saturated heterocycles. The lowest BCUT2D eigenvalue weighted by Gasteiger charge is -2.24. The van der Waals surface area contributed by atoms with E-state index in [2.05, 4.69) is 17.8 Å². The summed E-state index contributed by atoms with van der Waals surface area (Å²) >= 11 is 0. The third-order valence-electron chi connectivity index (χ3n) is 2.00. The second kappa shape index (κ2) is 6.09. The van der Waals surface area contributed by atoms with Gasteiger partial charge in [0.05, 0.1) is 0 Å². The van der Waals surface area contributed by atoms with Crippen molar-refractivity contribution >= 4 is 19.3 Å². The minimum Gasteiger partial charge on any atom is -0.484 e. The SMILES string of the molecule is C=CCC(CC=C)(C(=O)O)C(=O)OB(O)O. The van der Waals surface area contributed by atoms with Gasteiger partial charge in [0.2, 0.25) is 0 Å². The lowest BCUT2D eigenvalue weighted by atomic mass is 9.81. The van der Waals surface area contributed by atoms with Crippen LogP contribution in [0.15, 0.2) is 25.3 Å². The van der Waals surface area contributed by atoms with Gasteiger partial charge < -0.3 is 19.8 Å². The number of carbonyl (C=O) groups excluding carboxylic acids is 1. The molecule has 6 nitrogen and oxygen atoms in total. The molecule has 0 aromatic carbocycles. The Labute approximate surface area is 93.0 Å². The van der Waals surface area contributed by atoms with E-state index < -0.39 is 24.7 Å². The van der Waals surface area contributed by atoms with Crippen molar-refractivity contribution in [3.05, 3.63) is 25.3 Å². The molecule has 3 N–H and O–H groups in total. The fourth-order valence-corrected chi connectivity index (χ4v) is 1.21. The van der Waals surface area contributed by atoms with Gasteiger partial charge in [-0.15, -0.1) is 13.2 Å². The highest BCUT2D eigenvalue weighted by molar-refractivity contribution is 6.36. The van der Waals surface area contributed by atoms with Crippen molar-refractivity contribution in [2.24, 2.45) is 5.41 Å². The maximum atomic E-state index is 11.5. The van der Waals surface area contributed by atoms with Gasteiger partial charge in [0.1, 0.15) is 0 Å². The van der Waals surface area contributed by atoms with Crippen LogP contribution < -0.4 is 0 Å². The molecule has 0 bridgehead atoms. The summed E-state index contributed by atoms with van der Waals surface area (Å²) in [5, 5.41) is 26.0. The zero-order valence-electron chi connectivity index (χ0n) is 8.63.